The molecule has 5 nitrogen and oxygen atoms in total. The highest BCUT2D eigenvalue weighted by molar-refractivity contribution is 7.15. The summed E-state index contributed by atoms with van der Waals surface area (Å²) in [5.41, 5.74) is 3.22. The molecule has 0 atom stereocenters. The predicted molar refractivity (Wildman–Crippen MR) is 92.7 cm³/mol. The Morgan fingerprint density at radius 3 is 2.39 bits per heavy atom. The number of benzene rings is 1. The Bertz CT molecular complexity index is 673. The van der Waals surface area contributed by atoms with Crippen LogP contribution in [0.3, 0.4) is 0 Å². The number of rotatable bonds is 6. The zero-order valence-corrected chi connectivity index (χ0v) is 14.4. The van der Waals surface area contributed by atoms with Gasteiger partial charge in [0.1, 0.15) is 0 Å². The molecule has 0 bridgehead atoms. The molecule has 0 aliphatic heterocycles. The Balaban J connectivity index is 1.71. The zero-order chi connectivity index (χ0) is 16.8. The second-order valence-electron chi connectivity index (χ2n) is 5.47. The SMILES string of the molecule is Cc1ccc(CCC(=O)NCC(=O)Nc2nc(C)c(C)s2)cc1. The van der Waals surface area contributed by atoms with E-state index in [9.17, 15) is 9.59 Å². The molecule has 0 saturated carbocycles. The van der Waals surface area contributed by atoms with Gasteiger partial charge in [0, 0.05) is 11.3 Å². The van der Waals surface area contributed by atoms with E-state index in [2.05, 4.69) is 15.6 Å². The number of hydrogen-bond acceptors (Lipinski definition) is 4. The second kappa shape index (κ2) is 7.87. The van der Waals surface area contributed by atoms with E-state index in [1.54, 1.807) is 0 Å². The Morgan fingerprint density at radius 1 is 1.09 bits per heavy atom. The molecule has 0 saturated heterocycles. The molecule has 1 heterocycles. The Morgan fingerprint density at radius 2 is 1.78 bits per heavy atom. The Labute approximate surface area is 140 Å². The number of nitrogens with one attached hydrogen (secondary N) is 2. The molecule has 0 radical (unpaired) electrons. The summed E-state index contributed by atoms with van der Waals surface area (Å²) in [6.45, 7) is 5.84. The molecule has 6 heteroatoms. The molecule has 2 aromatic rings. The van der Waals surface area contributed by atoms with Gasteiger partial charge in [0.2, 0.25) is 11.8 Å². The van der Waals surface area contributed by atoms with Crippen molar-refractivity contribution in [2.24, 2.45) is 0 Å². The lowest BCUT2D eigenvalue weighted by Gasteiger charge is -2.05. The summed E-state index contributed by atoms with van der Waals surface area (Å²) >= 11 is 1.43. The number of anilines is 1. The van der Waals surface area contributed by atoms with Gasteiger partial charge in [-0.2, -0.15) is 0 Å². The lowest BCUT2D eigenvalue weighted by Crippen LogP contribution is -2.32. The van der Waals surface area contributed by atoms with Crippen LogP contribution in [0.1, 0.15) is 28.1 Å². The van der Waals surface area contributed by atoms with Crippen LogP contribution in [0.4, 0.5) is 5.13 Å². The van der Waals surface area contributed by atoms with E-state index in [1.165, 1.54) is 16.9 Å². The van der Waals surface area contributed by atoms with E-state index in [0.29, 0.717) is 18.0 Å². The lowest BCUT2D eigenvalue weighted by atomic mass is 10.1. The fraction of sp³-hybridized carbons (Fsp3) is 0.353. The van der Waals surface area contributed by atoms with Gasteiger partial charge in [0.05, 0.1) is 12.2 Å². The van der Waals surface area contributed by atoms with Crippen molar-refractivity contribution in [2.45, 2.75) is 33.6 Å². The summed E-state index contributed by atoms with van der Waals surface area (Å²) in [5, 5.41) is 5.89. The number of hydrogen-bond donors (Lipinski definition) is 2. The summed E-state index contributed by atoms with van der Waals surface area (Å²) in [6, 6.07) is 8.09. The first-order chi connectivity index (χ1) is 10.9. The van der Waals surface area contributed by atoms with E-state index >= 15 is 0 Å². The van der Waals surface area contributed by atoms with Crippen LogP contribution in [-0.2, 0) is 16.0 Å². The van der Waals surface area contributed by atoms with Crippen LogP contribution in [0.5, 0.6) is 0 Å². The molecule has 1 aromatic carbocycles. The van der Waals surface area contributed by atoms with Crippen LogP contribution in [0.25, 0.3) is 0 Å². The second-order valence-corrected chi connectivity index (χ2v) is 6.67. The van der Waals surface area contributed by atoms with Gasteiger partial charge in [-0.15, -0.1) is 11.3 Å². The number of nitrogens with zero attached hydrogens (tertiary/aromatic N) is 1. The topological polar surface area (TPSA) is 71.1 Å². The van der Waals surface area contributed by atoms with Crippen molar-refractivity contribution in [1.82, 2.24) is 10.3 Å². The van der Waals surface area contributed by atoms with Crippen molar-refractivity contribution in [3.05, 3.63) is 46.0 Å². The third kappa shape index (κ3) is 5.49. The summed E-state index contributed by atoms with van der Waals surface area (Å²) in [6.07, 6.45) is 1.03. The van der Waals surface area contributed by atoms with Crippen molar-refractivity contribution in [1.29, 1.82) is 0 Å². The maximum absolute atomic E-state index is 11.8. The van der Waals surface area contributed by atoms with Crippen molar-refractivity contribution >= 4 is 28.3 Å². The molecule has 0 fully saturated rings. The van der Waals surface area contributed by atoms with Crippen molar-refractivity contribution in [3.63, 3.8) is 0 Å². The van der Waals surface area contributed by atoms with Gasteiger partial charge in [0.25, 0.3) is 0 Å². The summed E-state index contributed by atoms with van der Waals surface area (Å²) in [5.74, 6) is -0.394. The predicted octanol–water partition coefficient (Wildman–Crippen LogP) is 2.76. The fourth-order valence-electron chi connectivity index (χ4n) is 1.97. The molecule has 0 unspecified atom stereocenters. The van der Waals surface area contributed by atoms with Crippen LogP contribution >= 0.6 is 11.3 Å². The number of carbonyl (C=O) groups excluding carboxylic acids is 2. The first-order valence-electron chi connectivity index (χ1n) is 7.50. The lowest BCUT2D eigenvalue weighted by molar-refractivity contribution is -0.124. The molecule has 0 aliphatic carbocycles. The summed E-state index contributed by atoms with van der Waals surface area (Å²) in [7, 11) is 0. The standard InChI is InChI=1S/C17H21N3O2S/c1-11-4-6-14(7-5-11)8-9-15(21)18-10-16(22)20-17-19-12(2)13(3)23-17/h4-7H,8-10H2,1-3H3,(H,18,21)(H,19,20,22). The van der Waals surface area contributed by atoms with Crippen molar-refractivity contribution in [2.75, 3.05) is 11.9 Å². The first kappa shape index (κ1) is 17.1. The van der Waals surface area contributed by atoms with Crippen LogP contribution < -0.4 is 10.6 Å². The quantitative estimate of drug-likeness (QED) is 0.855. The monoisotopic (exact) mass is 331 g/mol. The summed E-state index contributed by atoms with van der Waals surface area (Å²) in [4.78, 5) is 28.9. The van der Waals surface area contributed by atoms with Crippen LogP contribution in [0.2, 0.25) is 0 Å². The van der Waals surface area contributed by atoms with Gasteiger partial charge in [0.15, 0.2) is 5.13 Å². The number of amides is 2. The van der Waals surface area contributed by atoms with Gasteiger partial charge >= 0.3 is 0 Å². The van der Waals surface area contributed by atoms with Gasteiger partial charge in [-0.3, -0.25) is 9.59 Å². The molecule has 122 valence electrons. The van der Waals surface area contributed by atoms with Gasteiger partial charge in [-0.05, 0) is 32.8 Å². The van der Waals surface area contributed by atoms with E-state index in [0.717, 1.165) is 16.1 Å². The highest BCUT2D eigenvalue weighted by Crippen LogP contribution is 2.20. The van der Waals surface area contributed by atoms with Crippen LogP contribution in [0.15, 0.2) is 24.3 Å². The zero-order valence-electron chi connectivity index (χ0n) is 13.6. The molecule has 23 heavy (non-hydrogen) atoms. The van der Waals surface area contributed by atoms with E-state index in [-0.39, 0.29) is 18.4 Å². The Hall–Kier alpha value is -2.21. The Kier molecular flexibility index (Phi) is 5.87. The highest BCUT2D eigenvalue weighted by atomic mass is 32.1. The molecule has 2 N–H and O–H groups in total. The van der Waals surface area contributed by atoms with Crippen molar-refractivity contribution in [3.8, 4) is 0 Å². The molecule has 1 aromatic heterocycles. The third-order valence-corrected chi connectivity index (χ3v) is 4.47. The average molecular weight is 331 g/mol. The number of carbonyl (C=O) groups is 2. The molecule has 0 aliphatic rings. The minimum absolute atomic E-state index is 0.0373. The molecule has 0 spiro atoms. The van der Waals surface area contributed by atoms with Gasteiger partial charge in [-0.25, -0.2) is 4.98 Å². The van der Waals surface area contributed by atoms with E-state index in [4.69, 9.17) is 0 Å². The fourth-order valence-corrected chi connectivity index (χ4v) is 2.80. The normalized spacial score (nSPS) is 10.4. The highest BCUT2D eigenvalue weighted by Gasteiger charge is 2.09. The maximum atomic E-state index is 11.8. The minimum Gasteiger partial charge on any atom is -0.347 e. The summed E-state index contributed by atoms with van der Waals surface area (Å²) < 4.78 is 0. The third-order valence-electron chi connectivity index (χ3n) is 3.48. The van der Waals surface area contributed by atoms with E-state index in [1.807, 2.05) is 45.0 Å². The molecular formula is C17H21N3O2S. The first-order valence-corrected chi connectivity index (χ1v) is 8.32. The van der Waals surface area contributed by atoms with Crippen LogP contribution in [-0.4, -0.2) is 23.3 Å². The number of aromatic nitrogens is 1. The number of aryl methyl sites for hydroxylation is 4. The van der Waals surface area contributed by atoms with Crippen molar-refractivity contribution < 1.29 is 9.59 Å². The number of thiazole rings is 1. The minimum atomic E-state index is -0.262. The average Bonchev–Trinajstić information content (AvgIpc) is 2.82. The van der Waals surface area contributed by atoms with Gasteiger partial charge in [-0.1, -0.05) is 29.8 Å². The molecule has 2 amide bonds. The maximum Gasteiger partial charge on any atom is 0.245 e. The van der Waals surface area contributed by atoms with Gasteiger partial charge < -0.3 is 10.6 Å². The smallest absolute Gasteiger partial charge is 0.245 e. The molecule has 2 rings (SSSR count). The van der Waals surface area contributed by atoms with Crippen LogP contribution in [0, 0.1) is 20.8 Å². The molecular weight excluding hydrogens is 310 g/mol. The largest absolute Gasteiger partial charge is 0.347 e. The van der Waals surface area contributed by atoms with E-state index < -0.39 is 0 Å².